The Bertz CT molecular complexity index is 826. The molecule has 112 valence electrons. The van der Waals surface area contributed by atoms with Gasteiger partial charge in [-0.25, -0.2) is 19.9 Å². The van der Waals surface area contributed by atoms with Gasteiger partial charge in [-0.15, -0.1) is 0 Å². The van der Waals surface area contributed by atoms with Gasteiger partial charge in [0.05, 0.1) is 12.4 Å². The monoisotopic (exact) mass is 304 g/mol. The van der Waals surface area contributed by atoms with E-state index in [-0.39, 0.29) is 0 Å². The van der Waals surface area contributed by atoms with E-state index in [0.717, 1.165) is 22.8 Å². The van der Waals surface area contributed by atoms with Crippen LogP contribution in [0.25, 0.3) is 22.9 Å². The molecule has 0 spiro atoms. The highest BCUT2D eigenvalue weighted by molar-refractivity contribution is 5.51. The van der Waals surface area contributed by atoms with Crippen LogP contribution >= 0.6 is 0 Å². The van der Waals surface area contributed by atoms with Crippen molar-refractivity contribution >= 4 is 0 Å². The van der Waals surface area contributed by atoms with Gasteiger partial charge in [0, 0.05) is 17.8 Å². The maximum Gasteiger partial charge on any atom is 0.181 e. The minimum absolute atomic E-state index is 0.615. The van der Waals surface area contributed by atoms with E-state index in [1.54, 1.807) is 12.4 Å². The molecule has 0 radical (unpaired) electrons. The second kappa shape index (κ2) is 5.84. The van der Waals surface area contributed by atoms with E-state index in [2.05, 4.69) is 19.9 Å². The van der Waals surface area contributed by atoms with Crippen LogP contribution in [0.2, 0.25) is 0 Å². The van der Waals surface area contributed by atoms with E-state index >= 15 is 0 Å². The molecule has 0 fully saturated rings. The minimum Gasteiger partial charge on any atom is -0.442 e. The number of pyridine rings is 2. The van der Waals surface area contributed by atoms with E-state index in [1.165, 1.54) is 12.8 Å². The van der Waals surface area contributed by atoms with Crippen molar-refractivity contribution in [3.8, 4) is 22.9 Å². The van der Waals surface area contributed by atoms with Crippen LogP contribution in [0.3, 0.4) is 0 Å². The van der Waals surface area contributed by atoms with Crippen molar-refractivity contribution in [2.75, 3.05) is 0 Å². The van der Waals surface area contributed by atoms with Gasteiger partial charge >= 0.3 is 0 Å². The smallest absolute Gasteiger partial charge is 0.181 e. The molecule has 0 saturated heterocycles. The summed E-state index contributed by atoms with van der Waals surface area (Å²) in [5.74, 6) is 1.30. The van der Waals surface area contributed by atoms with Gasteiger partial charge in [-0.05, 0) is 24.3 Å². The van der Waals surface area contributed by atoms with Crippen LogP contribution in [-0.2, 0) is 6.42 Å². The highest BCUT2D eigenvalue weighted by atomic mass is 16.3. The molecular weight excluding hydrogens is 292 g/mol. The molecule has 0 aliphatic rings. The third kappa shape index (κ3) is 2.87. The summed E-state index contributed by atoms with van der Waals surface area (Å²) in [6, 6.07) is 11.6. The first-order valence-corrected chi connectivity index (χ1v) is 7.08. The summed E-state index contributed by atoms with van der Waals surface area (Å²) in [5, 5.41) is 0. The summed E-state index contributed by atoms with van der Waals surface area (Å²) in [6.45, 7) is 0. The molecule has 0 amide bonds. The molecule has 0 aliphatic carbocycles. The van der Waals surface area contributed by atoms with Crippen molar-refractivity contribution in [3.05, 3.63) is 73.0 Å². The van der Waals surface area contributed by atoms with Crippen LogP contribution in [0.1, 0.15) is 11.4 Å². The number of hydrogen-bond acceptors (Lipinski definition) is 6. The third-order valence-electron chi connectivity index (χ3n) is 3.35. The Morgan fingerprint density at radius 2 is 1.22 bits per heavy atom. The van der Waals surface area contributed by atoms with Crippen molar-refractivity contribution < 1.29 is 8.83 Å². The van der Waals surface area contributed by atoms with Crippen LogP contribution in [0, 0.1) is 0 Å². The topological polar surface area (TPSA) is 77.8 Å². The lowest BCUT2D eigenvalue weighted by Gasteiger charge is -2.04. The van der Waals surface area contributed by atoms with Crippen LogP contribution < -0.4 is 0 Å². The lowest BCUT2D eigenvalue weighted by molar-refractivity contribution is 0.569. The molecule has 23 heavy (non-hydrogen) atoms. The minimum atomic E-state index is 0.615. The Kier molecular flexibility index (Phi) is 3.40. The molecule has 0 aliphatic heterocycles. The Morgan fingerprint density at radius 3 is 1.65 bits per heavy atom. The molecule has 0 atom stereocenters. The normalized spacial score (nSPS) is 10.8. The molecule has 0 aromatic carbocycles. The molecule has 6 heteroatoms. The second-order valence-corrected chi connectivity index (χ2v) is 4.94. The summed E-state index contributed by atoms with van der Waals surface area (Å²) in [6.07, 6.45) is 6.70. The first-order chi connectivity index (χ1) is 11.4. The van der Waals surface area contributed by atoms with Crippen LogP contribution in [0.5, 0.6) is 0 Å². The third-order valence-corrected chi connectivity index (χ3v) is 3.35. The number of nitrogens with zero attached hydrogens (tertiary/aromatic N) is 4. The Morgan fingerprint density at radius 1 is 0.696 bits per heavy atom. The van der Waals surface area contributed by atoms with E-state index in [0.29, 0.717) is 17.9 Å². The highest BCUT2D eigenvalue weighted by Crippen LogP contribution is 2.19. The van der Waals surface area contributed by atoms with Crippen molar-refractivity contribution in [1.29, 1.82) is 0 Å². The Balaban J connectivity index is 1.61. The van der Waals surface area contributed by atoms with E-state index in [9.17, 15) is 0 Å². The molecule has 4 aromatic heterocycles. The van der Waals surface area contributed by atoms with Gasteiger partial charge in [0.25, 0.3) is 0 Å². The lowest BCUT2D eigenvalue weighted by Crippen LogP contribution is -1.97. The van der Waals surface area contributed by atoms with Crippen molar-refractivity contribution in [2.45, 2.75) is 6.42 Å². The Hall–Kier alpha value is -3.28. The van der Waals surface area contributed by atoms with Gasteiger partial charge in [0.15, 0.2) is 24.3 Å². The standard InChI is InChI=1S/C17H12N4O2/c1-3-12(20-14(5-1)16-8-18-10-22-16)7-13-4-2-6-15(21-13)17-9-19-11-23-17/h1-6,8-11H,7H2. The fourth-order valence-electron chi connectivity index (χ4n) is 2.30. The van der Waals surface area contributed by atoms with Gasteiger partial charge < -0.3 is 8.83 Å². The number of oxazole rings is 2. The first kappa shape index (κ1) is 13.4. The molecule has 0 unspecified atom stereocenters. The maximum absolute atomic E-state index is 5.28. The SMILES string of the molecule is c1cc(Cc2cccc(-c3cnco3)n2)nc(-c2cnco2)c1. The highest BCUT2D eigenvalue weighted by Gasteiger charge is 2.08. The average Bonchev–Trinajstić information content (AvgIpc) is 3.29. The quantitative estimate of drug-likeness (QED) is 0.575. The lowest BCUT2D eigenvalue weighted by atomic mass is 10.1. The molecule has 4 aromatic rings. The zero-order valence-corrected chi connectivity index (χ0v) is 12.1. The summed E-state index contributed by atoms with van der Waals surface area (Å²) in [5.41, 5.74) is 3.32. The number of aromatic nitrogens is 4. The van der Waals surface area contributed by atoms with Crippen molar-refractivity contribution in [3.63, 3.8) is 0 Å². The summed E-state index contributed by atoms with van der Waals surface area (Å²) in [4.78, 5) is 17.0. The molecule has 4 rings (SSSR count). The zero-order chi connectivity index (χ0) is 15.5. The van der Waals surface area contributed by atoms with Gasteiger partial charge in [-0.2, -0.15) is 0 Å². The average molecular weight is 304 g/mol. The predicted octanol–water partition coefficient (Wildman–Crippen LogP) is 3.38. The van der Waals surface area contributed by atoms with Gasteiger partial charge in [-0.1, -0.05) is 12.1 Å². The van der Waals surface area contributed by atoms with E-state index in [1.807, 2.05) is 36.4 Å². The fraction of sp³-hybridized carbons (Fsp3) is 0.0588. The summed E-state index contributed by atoms with van der Waals surface area (Å²) < 4.78 is 10.6. The van der Waals surface area contributed by atoms with Crippen molar-refractivity contribution in [2.24, 2.45) is 0 Å². The van der Waals surface area contributed by atoms with Crippen molar-refractivity contribution in [1.82, 2.24) is 19.9 Å². The van der Waals surface area contributed by atoms with Gasteiger partial charge in [0.2, 0.25) is 0 Å². The molecule has 0 bridgehead atoms. The molecule has 6 nitrogen and oxygen atoms in total. The zero-order valence-electron chi connectivity index (χ0n) is 12.1. The van der Waals surface area contributed by atoms with E-state index < -0.39 is 0 Å². The first-order valence-electron chi connectivity index (χ1n) is 7.08. The molecule has 0 saturated carbocycles. The molecule has 0 N–H and O–H groups in total. The van der Waals surface area contributed by atoms with Crippen LogP contribution in [0.4, 0.5) is 0 Å². The predicted molar refractivity (Wildman–Crippen MR) is 82.3 cm³/mol. The summed E-state index contributed by atoms with van der Waals surface area (Å²) >= 11 is 0. The van der Waals surface area contributed by atoms with Gasteiger partial charge in [0.1, 0.15) is 11.4 Å². The molecule has 4 heterocycles. The maximum atomic E-state index is 5.28. The van der Waals surface area contributed by atoms with Crippen LogP contribution in [0.15, 0.2) is 70.4 Å². The second-order valence-electron chi connectivity index (χ2n) is 4.94. The largest absolute Gasteiger partial charge is 0.442 e. The Labute approximate surface area is 131 Å². The number of hydrogen-bond donors (Lipinski definition) is 0. The van der Waals surface area contributed by atoms with Gasteiger partial charge in [-0.3, -0.25) is 0 Å². The molecular formula is C17H12N4O2. The van der Waals surface area contributed by atoms with Crippen LogP contribution in [-0.4, -0.2) is 19.9 Å². The summed E-state index contributed by atoms with van der Waals surface area (Å²) in [7, 11) is 0. The fourth-order valence-corrected chi connectivity index (χ4v) is 2.30. The number of rotatable bonds is 4. The van der Waals surface area contributed by atoms with E-state index in [4.69, 9.17) is 8.83 Å².